The number of aliphatic hydroxyl groups is 2. The first kappa shape index (κ1) is 39.5. The van der Waals surface area contributed by atoms with Gasteiger partial charge >= 0.3 is 0 Å². The number of rotatable bonds is 15. The van der Waals surface area contributed by atoms with E-state index in [0.717, 1.165) is 38.0 Å². The lowest BCUT2D eigenvalue weighted by molar-refractivity contribution is -0.182. The van der Waals surface area contributed by atoms with Gasteiger partial charge in [0.05, 0.1) is 19.3 Å². The van der Waals surface area contributed by atoms with Crippen molar-refractivity contribution in [1.29, 1.82) is 0 Å². The van der Waals surface area contributed by atoms with Crippen LogP contribution in [0.15, 0.2) is 42.6 Å². The third kappa shape index (κ3) is 9.54. The number of nitrogens with one attached hydrogen (secondary N) is 1. The van der Waals surface area contributed by atoms with E-state index >= 15 is 0 Å². The molecule has 1 saturated carbocycles. The number of carbonyl (C=O) groups is 1. The second-order valence-corrected chi connectivity index (χ2v) is 16.8. The summed E-state index contributed by atoms with van der Waals surface area (Å²) >= 11 is 0. The van der Waals surface area contributed by atoms with Gasteiger partial charge in [0.1, 0.15) is 12.1 Å². The van der Waals surface area contributed by atoms with Gasteiger partial charge in [-0.2, -0.15) is 5.06 Å². The molecule has 276 valence electrons. The molecule has 1 aromatic heterocycles. The van der Waals surface area contributed by atoms with Gasteiger partial charge in [0, 0.05) is 56.6 Å². The Morgan fingerprint density at radius 1 is 1.08 bits per heavy atom. The normalized spacial score (nSPS) is 28.8. The van der Waals surface area contributed by atoms with Crippen LogP contribution in [-0.2, 0) is 36.3 Å². The number of carbonyl (C=O) groups excluding carboxylic acids is 1. The Balaban J connectivity index is 1.58. The van der Waals surface area contributed by atoms with Crippen molar-refractivity contribution in [2.75, 3.05) is 27.2 Å². The van der Waals surface area contributed by atoms with Gasteiger partial charge < -0.3 is 25.0 Å². The summed E-state index contributed by atoms with van der Waals surface area (Å²) < 4.78 is 2.20. The lowest BCUT2D eigenvalue weighted by Crippen LogP contribution is -2.56. The van der Waals surface area contributed by atoms with Crippen LogP contribution in [0, 0.1) is 35.0 Å². The summed E-state index contributed by atoms with van der Waals surface area (Å²) in [6.45, 7) is 20.5. The number of hydrogen-bond acceptors (Lipinski definition) is 7. The number of benzene rings is 1. The topological polar surface area (TPSA) is 93.4 Å². The average Bonchev–Trinajstić information content (AvgIpc) is 3.60. The first-order valence-corrected chi connectivity index (χ1v) is 18.6. The second kappa shape index (κ2) is 16.8. The first-order chi connectivity index (χ1) is 23.0. The van der Waals surface area contributed by atoms with Gasteiger partial charge in [0.15, 0.2) is 0 Å². The summed E-state index contributed by atoms with van der Waals surface area (Å²) in [5.41, 5.74) is 3.70. The summed E-state index contributed by atoms with van der Waals surface area (Å²) in [7, 11) is 6.40. The van der Waals surface area contributed by atoms with E-state index in [9.17, 15) is 15.0 Å². The number of aliphatic hydroxyl groups excluding tert-OH is 2. The van der Waals surface area contributed by atoms with Gasteiger partial charge in [-0.25, -0.2) is 0 Å². The van der Waals surface area contributed by atoms with Gasteiger partial charge in [0.25, 0.3) is 0 Å². The van der Waals surface area contributed by atoms with Crippen molar-refractivity contribution < 1.29 is 19.8 Å². The molecule has 9 heteroatoms. The molecule has 0 spiro atoms. The van der Waals surface area contributed by atoms with Gasteiger partial charge in [-0.3, -0.25) is 14.5 Å². The molecule has 49 heavy (non-hydrogen) atoms. The minimum Gasteiger partial charge on any atom is -0.394 e. The van der Waals surface area contributed by atoms with Gasteiger partial charge in [0.2, 0.25) is 5.91 Å². The lowest BCUT2D eigenvalue weighted by atomic mass is 9.58. The van der Waals surface area contributed by atoms with Crippen LogP contribution in [0.5, 0.6) is 0 Å². The molecule has 1 aliphatic carbocycles. The van der Waals surface area contributed by atoms with E-state index in [1.54, 1.807) is 12.0 Å². The molecule has 1 saturated heterocycles. The molecule has 1 amide bonds. The van der Waals surface area contributed by atoms with Crippen LogP contribution in [0.4, 0.5) is 0 Å². The Morgan fingerprint density at radius 2 is 1.78 bits per heavy atom. The Kier molecular flexibility index (Phi) is 13.6. The van der Waals surface area contributed by atoms with Gasteiger partial charge in [-0.05, 0) is 86.2 Å². The second-order valence-electron chi connectivity index (χ2n) is 16.8. The van der Waals surface area contributed by atoms with Crippen molar-refractivity contribution in [3.8, 4) is 0 Å². The summed E-state index contributed by atoms with van der Waals surface area (Å²) in [4.78, 5) is 25.4. The highest BCUT2D eigenvalue weighted by atomic mass is 16.7. The van der Waals surface area contributed by atoms with Crippen LogP contribution < -0.4 is 5.32 Å². The van der Waals surface area contributed by atoms with Crippen LogP contribution >= 0.6 is 0 Å². The first-order valence-electron chi connectivity index (χ1n) is 18.6. The van der Waals surface area contributed by atoms with E-state index in [0.29, 0.717) is 36.3 Å². The molecule has 0 radical (unpaired) electrons. The van der Waals surface area contributed by atoms with E-state index in [2.05, 4.69) is 132 Å². The Hall–Kier alpha value is -2.27. The molecular weight excluding hydrogens is 614 g/mol. The molecule has 2 heterocycles. The van der Waals surface area contributed by atoms with E-state index in [-0.39, 0.29) is 24.0 Å². The summed E-state index contributed by atoms with van der Waals surface area (Å²) in [6.07, 6.45) is 2.62. The van der Waals surface area contributed by atoms with Crippen molar-refractivity contribution in [2.24, 2.45) is 42.1 Å². The van der Waals surface area contributed by atoms with Gasteiger partial charge in [-0.15, -0.1) is 0 Å². The zero-order valence-corrected chi connectivity index (χ0v) is 32.3. The van der Waals surface area contributed by atoms with Crippen molar-refractivity contribution in [3.05, 3.63) is 59.4 Å². The number of hydroxylamine groups is 2. The van der Waals surface area contributed by atoms with Crippen molar-refractivity contribution in [1.82, 2.24) is 24.7 Å². The minimum atomic E-state index is -0.828. The van der Waals surface area contributed by atoms with Crippen LogP contribution in [0.1, 0.15) is 85.1 Å². The molecule has 2 aliphatic rings. The largest absolute Gasteiger partial charge is 0.394 e. The molecule has 2 fully saturated rings. The molecule has 4 rings (SSSR count). The fourth-order valence-electron chi connectivity index (χ4n) is 8.44. The minimum absolute atomic E-state index is 0.0367. The number of likely N-dealkylation sites (N-methyl/N-ethyl adjacent to an activating group) is 1. The fraction of sp³-hybridized carbons (Fsp3) is 0.725. The number of nitrogens with zero attached hydrogens (tertiary/aromatic N) is 4. The SMILES string of the molecule is CC(C)C[C@@H](CN(C)C)N(Cc1cccc(CN2O[C@@H](CO)[C@@H]([C@H](C)O)[C@H]2C(=O)N[C@H]2C[C@@H](C)C(C)(C)[C@@H](C)[C@@H]2C)c1)Cc1cccn1C. The van der Waals surface area contributed by atoms with Crippen molar-refractivity contribution in [2.45, 2.75) is 118 Å². The maximum atomic E-state index is 14.2. The summed E-state index contributed by atoms with van der Waals surface area (Å²) in [5, 5.41) is 26.3. The highest BCUT2D eigenvalue weighted by Gasteiger charge is 2.51. The third-order valence-corrected chi connectivity index (χ3v) is 12.2. The molecule has 0 bridgehead atoms. The summed E-state index contributed by atoms with van der Waals surface area (Å²) in [6, 6.07) is 12.6. The zero-order valence-electron chi connectivity index (χ0n) is 32.3. The van der Waals surface area contributed by atoms with Crippen molar-refractivity contribution in [3.63, 3.8) is 0 Å². The molecule has 9 atom stereocenters. The van der Waals surface area contributed by atoms with E-state index in [1.807, 2.05) is 0 Å². The molecule has 9 nitrogen and oxygen atoms in total. The predicted molar refractivity (Wildman–Crippen MR) is 197 cm³/mol. The van der Waals surface area contributed by atoms with E-state index < -0.39 is 24.2 Å². The monoisotopic (exact) mass is 682 g/mol. The standard InChI is InChI=1S/C40H67N5O4/c1-26(2)18-34(23-42(9)10)44(24-33-16-13-17-43(33)11)21-31-14-12-15-32(20-31)22-45-38(37(30(6)47)36(25-46)49-45)39(48)41-35-19-27(3)40(7,8)29(5)28(35)4/h12-17,20,26-30,34-38,46-47H,18-19,21-25H2,1-11H3,(H,41,48)/t27-,28+,29+,30+,34+,35+,36+,37-,38+/m1/s1. The molecule has 2 aromatic rings. The number of amides is 1. The lowest BCUT2D eigenvalue weighted by Gasteiger charge is -2.50. The molecule has 3 N–H and O–H groups in total. The smallest absolute Gasteiger partial charge is 0.240 e. The summed E-state index contributed by atoms with van der Waals surface area (Å²) in [5.74, 6) is 1.09. The molecule has 1 aromatic carbocycles. The maximum absolute atomic E-state index is 14.2. The van der Waals surface area contributed by atoms with Gasteiger partial charge in [-0.1, -0.05) is 72.7 Å². The maximum Gasteiger partial charge on any atom is 0.240 e. The van der Waals surface area contributed by atoms with Crippen LogP contribution in [-0.4, -0.2) is 93.1 Å². The highest BCUT2D eigenvalue weighted by molar-refractivity contribution is 5.82. The third-order valence-electron chi connectivity index (χ3n) is 12.2. The zero-order chi connectivity index (χ0) is 36.2. The number of aromatic nitrogens is 1. The van der Waals surface area contributed by atoms with Crippen LogP contribution in [0.3, 0.4) is 0 Å². The Morgan fingerprint density at radius 3 is 2.37 bits per heavy atom. The predicted octanol–water partition coefficient (Wildman–Crippen LogP) is 5.30. The number of hydrogen-bond donors (Lipinski definition) is 3. The Bertz CT molecular complexity index is 1330. The van der Waals surface area contributed by atoms with E-state index in [4.69, 9.17) is 4.84 Å². The quantitative estimate of drug-likeness (QED) is 0.235. The van der Waals surface area contributed by atoms with E-state index in [1.165, 1.54) is 11.3 Å². The highest BCUT2D eigenvalue weighted by Crippen LogP contribution is 2.47. The molecule has 1 aliphatic heterocycles. The fourth-order valence-corrected chi connectivity index (χ4v) is 8.44. The molecule has 0 unspecified atom stereocenters. The number of aryl methyl sites for hydroxylation is 1. The van der Waals surface area contributed by atoms with Crippen LogP contribution in [0.25, 0.3) is 0 Å². The van der Waals surface area contributed by atoms with Crippen molar-refractivity contribution >= 4 is 5.91 Å². The Labute approximate surface area is 296 Å². The van der Waals surface area contributed by atoms with Crippen LogP contribution in [0.2, 0.25) is 0 Å². The molecular formula is C40H67N5O4. The average molecular weight is 682 g/mol.